The Kier molecular flexibility index (Phi) is 11.6. The topological polar surface area (TPSA) is 265 Å². The van der Waals surface area contributed by atoms with Gasteiger partial charge in [0, 0.05) is 22.4 Å². The number of aliphatic hydroxyl groups excluding tert-OH is 4. The number of anilines is 1. The number of nitrogen functional groups attached to an aromatic ring is 1. The number of hydrogen-bond acceptors (Lipinski definition) is 12. The highest BCUT2D eigenvalue weighted by molar-refractivity contribution is 5.88. The summed E-state index contributed by atoms with van der Waals surface area (Å²) in [5.74, 6) is -5.19. The Morgan fingerprint density at radius 3 is 2.12 bits per heavy atom. The van der Waals surface area contributed by atoms with Gasteiger partial charge in [-0.2, -0.15) is 36.7 Å². The average Bonchev–Trinajstić information content (AvgIpc) is 3.50. The first-order valence-corrected chi connectivity index (χ1v) is 13.2. The van der Waals surface area contributed by atoms with E-state index < -0.39 is 61.6 Å². The first-order chi connectivity index (χ1) is 22.3. The van der Waals surface area contributed by atoms with Crippen LogP contribution in [0.25, 0.3) is 22.4 Å². The van der Waals surface area contributed by atoms with Crippen LogP contribution >= 0.6 is 0 Å². The molecule has 1 aromatic carbocycles. The SMILES string of the molecule is N#Cc1c(N)nc2c(c1-c1ccccc1O[C@@H]1O[C@H](CO)[C@H](O)[C@H](O)[C@@H]1O)CCc1[nH]ncc1-2.O=C(O)C(F)(F)F.O=C(O)C(F)(F)F. The largest absolute Gasteiger partial charge is 0.490 e. The number of aliphatic hydroxyl groups is 4. The van der Waals surface area contributed by atoms with Crippen LogP contribution in [-0.2, 0) is 27.2 Å². The molecule has 2 aromatic heterocycles. The number of rotatable bonds is 4. The van der Waals surface area contributed by atoms with Gasteiger partial charge in [0.1, 0.15) is 47.6 Å². The number of hydrogen-bond donors (Lipinski definition) is 8. The van der Waals surface area contributed by atoms with E-state index in [0.717, 1.165) is 16.8 Å². The molecule has 1 saturated heterocycles. The van der Waals surface area contributed by atoms with E-state index in [0.29, 0.717) is 29.7 Å². The predicted octanol–water partition coefficient (Wildman–Crippen LogP) is 1.14. The number of ether oxygens (including phenoxy) is 2. The number of pyridine rings is 1. The molecule has 1 fully saturated rings. The number of nitrogens with one attached hydrogen (secondary N) is 1. The molecule has 48 heavy (non-hydrogen) atoms. The standard InChI is InChI=1S/C23H23N5O6.2C2HF3O2/c24-7-12-17(11-5-6-14-13(8-26-28-14)18(11)27-22(12)25)10-3-1-2-4-15(10)33-23-21(32)20(31)19(30)16(9-29)34-23;2*3-2(4,5)1(6)7/h1-4,8,16,19-21,23,29-32H,5-6,9H2,(H2,25,27)(H,26,28);2*(H,6,7)/t16-,19+,20+,21+,23-;;/m1../s1. The average molecular weight is 694 g/mol. The molecular formula is C27H25F6N5O10. The van der Waals surface area contributed by atoms with E-state index in [9.17, 15) is 52.0 Å². The van der Waals surface area contributed by atoms with Crippen LogP contribution in [0.15, 0.2) is 30.5 Å². The number of halogens is 6. The first kappa shape index (κ1) is 37.4. The van der Waals surface area contributed by atoms with Crippen molar-refractivity contribution >= 4 is 17.8 Å². The summed E-state index contributed by atoms with van der Waals surface area (Å²) in [6.45, 7) is -0.577. The Hall–Kier alpha value is -5.01. The van der Waals surface area contributed by atoms with E-state index in [1.165, 1.54) is 0 Å². The summed E-state index contributed by atoms with van der Waals surface area (Å²) in [7, 11) is 0. The highest BCUT2D eigenvalue weighted by Gasteiger charge is 2.45. The number of aliphatic carboxylic acids is 2. The lowest BCUT2D eigenvalue weighted by Gasteiger charge is -2.39. The van der Waals surface area contributed by atoms with Gasteiger partial charge in [0.25, 0.3) is 0 Å². The van der Waals surface area contributed by atoms with E-state index in [2.05, 4.69) is 21.3 Å². The van der Waals surface area contributed by atoms with Crippen molar-refractivity contribution < 1.29 is 76.0 Å². The third-order valence-corrected chi connectivity index (χ3v) is 6.77. The molecule has 0 bridgehead atoms. The summed E-state index contributed by atoms with van der Waals surface area (Å²) in [4.78, 5) is 22.3. The maximum absolute atomic E-state index is 10.6. The maximum atomic E-state index is 10.6. The summed E-state index contributed by atoms with van der Waals surface area (Å²) in [5, 5.41) is 71.3. The van der Waals surface area contributed by atoms with Gasteiger partial charge in [-0.05, 0) is 24.5 Å². The van der Waals surface area contributed by atoms with Crippen LogP contribution in [0.5, 0.6) is 5.75 Å². The second-order valence-electron chi connectivity index (χ2n) is 9.87. The number of fused-ring (bicyclic) bond motifs is 3. The minimum atomic E-state index is -5.08. The third-order valence-electron chi connectivity index (χ3n) is 6.77. The van der Waals surface area contributed by atoms with Gasteiger partial charge in [-0.15, -0.1) is 0 Å². The van der Waals surface area contributed by atoms with Crippen LogP contribution in [-0.4, -0.2) is 107 Å². The quantitative estimate of drug-likeness (QED) is 0.178. The van der Waals surface area contributed by atoms with Gasteiger partial charge in [-0.25, -0.2) is 14.6 Å². The van der Waals surface area contributed by atoms with Crippen molar-refractivity contribution in [1.82, 2.24) is 15.2 Å². The summed E-state index contributed by atoms with van der Waals surface area (Å²) in [6, 6.07) is 9.01. The number of nitrogens with two attached hydrogens (primary N) is 1. The number of aromatic nitrogens is 3. The van der Waals surface area contributed by atoms with E-state index in [4.69, 9.17) is 35.0 Å². The van der Waals surface area contributed by atoms with Crippen molar-refractivity contribution in [2.45, 2.75) is 55.9 Å². The van der Waals surface area contributed by atoms with E-state index >= 15 is 0 Å². The van der Waals surface area contributed by atoms with E-state index in [1.54, 1.807) is 30.5 Å². The van der Waals surface area contributed by atoms with Gasteiger partial charge in [0.15, 0.2) is 0 Å². The number of carboxylic acid groups (broad SMARTS) is 2. The Morgan fingerprint density at radius 2 is 1.58 bits per heavy atom. The van der Waals surface area contributed by atoms with Crippen molar-refractivity contribution in [1.29, 1.82) is 5.26 Å². The van der Waals surface area contributed by atoms with Crippen LogP contribution in [0.3, 0.4) is 0 Å². The molecule has 15 nitrogen and oxygen atoms in total. The lowest BCUT2D eigenvalue weighted by atomic mass is 9.85. The third kappa shape index (κ3) is 8.28. The van der Waals surface area contributed by atoms with Crippen LogP contribution in [0, 0.1) is 11.3 Å². The highest BCUT2D eigenvalue weighted by atomic mass is 19.4. The molecule has 0 radical (unpaired) electrons. The summed E-state index contributed by atoms with van der Waals surface area (Å²) in [6.07, 6.45) is -14.4. The van der Waals surface area contributed by atoms with Gasteiger partial charge in [-0.1, -0.05) is 18.2 Å². The summed E-state index contributed by atoms with van der Waals surface area (Å²) < 4.78 is 74.9. The number of benzene rings is 1. The minimum absolute atomic E-state index is 0.0629. The molecule has 1 aliphatic carbocycles. The molecule has 5 atom stereocenters. The lowest BCUT2D eigenvalue weighted by molar-refractivity contribution is -0.277. The number of para-hydroxylation sites is 1. The molecule has 0 amide bonds. The van der Waals surface area contributed by atoms with Crippen molar-refractivity contribution in [3.63, 3.8) is 0 Å². The number of carbonyl (C=O) groups is 2. The Bertz CT molecular complexity index is 1650. The van der Waals surface area contributed by atoms with E-state index in [1.807, 2.05) is 0 Å². The molecular weight excluding hydrogens is 668 g/mol. The Labute approximate surface area is 264 Å². The number of nitriles is 1. The van der Waals surface area contributed by atoms with Gasteiger partial charge in [0.05, 0.1) is 18.5 Å². The zero-order valence-corrected chi connectivity index (χ0v) is 23.9. The molecule has 260 valence electrons. The fourth-order valence-corrected chi connectivity index (χ4v) is 4.54. The van der Waals surface area contributed by atoms with Crippen molar-refractivity contribution in [3.8, 4) is 34.2 Å². The number of carboxylic acids is 2. The second-order valence-corrected chi connectivity index (χ2v) is 9.87. The zero-order chi connectivity index (χ0) is 36.1. The smallest absolute Gasteiger partial charge is 0.475 e. The summed E-state index contributed by atoms with van der Waals surface area (Å²) >= 11 is 0. The van der Waals surface area contributed by atoms with Crippen LogP contribution < -0.4 is 10.5 Å². The molecule has 0 spiro atoms. The minimum Gasteiger partial charge on any atom is -0.475 e. The molecule has 9 N–H and O–H groups in total. The molecule has 5 rings (SSSR count). The molecule has 0 saturated carbocycles. The first-order valence-electron chi connectivity index (χ1n) is 13.2. The fourth-order valence-electron chi connectivity index (χ4n) is 4.54. The van der Waals surface area contributed by atoms with E-state index in [-0.39, 0.29) is 17.1 Å². The lowest BCUT2D eigenvalue weighted by Crippen LogP contribution is -2.60. The number of H-pyrrole nitrogens is 1. The monoisotopic (exact) mass is 693 g/mol. The van der Waals surface area contributed by atoms with Gasteiger partial charge < -0.3 is 45.8 Å². The van der Waals surface area contributed by atoms with Gasteiger partial charge >= 0.3 is 24.3 Å². The molecule has 3 aromatic rings. The molecule has 0 unspecified atom stereocenters. The van der Waals surface area contributed by atoms with Gasteiger partial charge in [0.2, 0.25) is 6.29 Å². The number of nitrogens with zero attached hydrogens (tertiary/aromatic N) is 3. The van der Waals surface area contributed by atoms with Gasteiger partial charge in [-0.3, -0.25) is 5.10 Å². The molecule has 3 heterocycles. The molecule has 2 aliphatic rings. The fraction of sp³-hybridized carbons (Fsp3) is 0.370. The van der Waals surface area contributed by atoms with Crippen LogP contribution in [0.4, 0.5) is 32.2 Å². The normalized spacial score (nSPS) is 21.6. The number of aryl methyl sites for hydroxylation is 1. The molecule has 1 aliphatic heterocycles. The van der Waals surface area contributed by atoms with Crippen molar-refractivity contribution in [2.24, 2.45) is 0 Å². The van der Waals surface area contributed by atoms with Crippen molar-refractivity contribution in [3.05, 3.63) is 47.3 Å². The van der Waals surface area contributed by atoms with Crippen LogP contribution in [0.1, 0.15) is 16.8 Å². The summed E-state index contributed by atoms with van der Waals surface area (Å²) in [5.41, 5.74) is 10.6. The van der Waals surface area contributed by atoms with Crippen LogP contribution in [0.2, 0.25) is 0 Å². The number of aromatic amines is 1. The Morgan fingerprint density at radius 1 is 1.00 bits per heavy atom. The second kappa shape index (κ2) is 14.8. The highest BCUT2D eigenvalue weighted by Crippen LogP contribution is 2.43. The zero-order valence-electron chi connectivity index (χ0n) is 23.9. The number of alkyl halides is 6. The maximum Gasteiger partial charge on any atom is 0.490 e. The van der Waals surface area contributed by atoms with Crippen molar-refractivity contribution in [2.75, 3.05) is 12.3 Å². The molecule has 21 heteroatoms. The Balaban J connectivity index is 0.000000376. The predicted molar refractivity (Wildman–Crippen MR) is 146 cm³/mol.